The number of carbonyl (C=O) groups excluding carboxylic acids is 1. The molecule has 0 spiro atoms. The molecule has 0 unspecified atom stereocenters. The van der Waals surface area contributed by atoms with Gasteiger partial charge < -0.3 is 9.80 Å². The second-order valence-electron chi connectivity index (χ2n) is 10.7. The quantitative estimate of drug-likeness (QED) is 0.289. The number of piperazine rings is 1. The van der Waals surface area contributed by atoms with Crippen molar-refractivity contribution in [1.82, 2.24) is 24.4 Å². The van der Waals surface area contributed by atoms with Crippen LogP contribution >= 0.6 is 11.6 Å². The molecule has 5 rings (SSSR count). The first kappa shape index (κ1) is 28.4. The normalized spacial score (nSPS) is 15.6. The van der Waals surface area contributed by atoms with Crippen molar-refractivity contribution in [2.75, 3.05) is 24.5 Å². The molecule has 1 aliphatic heterocycles. The fourth-order valence-electron chi connectivity index (χ4n) is 5.52. The third-order valence-corrected chi connectivity index (χ3v) is 7.86. The van der Waals surface area contributed by atoms with Crippen LogP contribution in [0.25, 0.3) is 28.0 Å². The Morgan fingerprint density at radius 1 is 1.17 bits per heavy atom. The van der Waals surface area contributed by atoms with E-state index >= 15 is 4.39 Å². The summed E-state index contributed by atoms with van der Waals surface area (Å²) in [5.41, 5.74) is 3.08. The lowest BCUT2D eigenvalue weighted by Crippen LogP contribution is -2.54. The van der Waals surface area contributed by atoms with Crippen molar-refractivity contribution in [3.63, 3.8) is 0 Å². The minimum Gasteiger partial charge on any atom is -0.350 e. The van der Waals surface area contributed by atoms with E-state index in [1.807, 2.05) is 38.7 Å². The molecule has 0 bridgehead atoms. The molecule has 0 aliphatic carbocycles. The predicted molar refractivity (Wildman–Crippen MR) is 160 cm³/mol. The Labute approximate surface area is 243 Å². The molecule has 0 N–H and O–H groups in total. The van der Waals surface area contributed by atoms with Crippen LogP contribution in [-0.2, 0) is 4.79 Å². The average molecular weight is 575 g/mol. The second kappa shape index (κ2) is 11.0. The summed E-state index contributed by atoms with van der Waals surface area (Å²) in [7, 11) is 0. The van der Waals surface area contributed by atoms with Gasteiger partial charge in [-0.05, 0) is 62.1 Å². The SMILES string of the molecule is C=CC(=O)N1CCN(c2nc(=O)n(-c3c(C)ccnc3C(C)C)c3nc(-c4c(C)cccc4F)c(Cl)cc23)[C@@H](C)C1. The van der Waals surface area contributed by atoms with Crippen LogP contribution in [0.15, 0.2) is 54.0 Å². The standard InChI is InChI=1S/C31H32ClFN6O2/c1-7-24(40)37-13-14-38(20(6)16-37)29-21-15-22(32)27(25-18(4)9-8-10-23(25)33)35-30(21)39(31(41)36-29)28-19(5)11-12-34-26(28)17(2)3/h7-12,15,17,20H,1,13-14,16H2,2-6H3/t20-/m0/s1. The number of hydrogen-bond donors (Lipinski definition) is 0. The minimum absolute atomic E-state index is 0.00241. The Kier molecular flexibility index (Phi) is 7.66. The van der Waals surface area contributed by atoms with Crippen LogP contribution in [0.1, 0.15) is 43.5 Å². The highest BCUT2D eigenvalue weighted by atomic mass is 35.5. The predicted octanol–water partition coefficient (Wildman–Crippen LogP) is 5.60. The summed E-state index contributed by atoms with van der Waals surface area (Å²) in [6.07, 6.45) is 3.02. The fraction of sp³-hybridized carbons (Fsp3) is 0.323. The van der Waals surface area contributed by atoms with Crippen molar-refractivity contribution in [2.45, 2.75) is 46.6 Å². The first-order valence-electron chi connectivity index (χ1n) is 13.6. The molecule has 0 saturated carbocycles. The van der Waals surface area contributed by atoms with Gasteiger partial charge in [-0.15, -0.1) is 0 Å². The van der Waals surface area contributed by atoms with Gasteiger partial charge in [-0.3, -0.25) is 9.78 Å². The molecule has 1 atom stereocenters. The maximum Gasteiger partial charge on any atom is 0.355 e. The highest BCUT2D eigenvalue weighted by molar-refractivity contribution is 6.34. The van der Waals surface area contributed by atoms with Crippen LogP contribution < -0.4 is 10.6 Å². The Balaban J connectivity index is 1.83. The summed E-state index contributed by atoms with van der Waals surface area (Å²) in [5, 5.41) is 0.778. The molecule has 1 saturated heterocycles. The highest BCUT2D eigenvalue weighted by Gasteiger charge is 2.30. The molecular formula is C31H32ClFN6O2. The van der Waals surface area contributed by atoms with Crippen molar-refractivity contribution in [2.24, 2.45) is 0 Å². The fourth-order valence-corrected chi connectivity index (χ4v) is 5.77. The molecule has 41 heavy (non-hydrogen) atoms. The zero-order valence-corrected chi connectivity index (χ0v) is 24.5. The van der Waals surface area contributed by atoms with Crippen molar-refractivity contribution < 1.29 is 9.18 Å². The van der Waals surface area contributed by atoms with Gasteiger partial charge in [-0.1, -0.05) is 44.2 Å². The topological polar surface area (TPSA) is 84.2 Å². The second-order valence-corrected chi connectivity index (χ2v) is 11.1. The zero-order chi connectivity index (χ0) is 29.6. The third kappa shape index (κ3) is 4.99. The van der Waals surface area contributed by atoms with E-state index < -0.39 is 11.5 Å². The van der Waals surface area contributed by atoms with E-state index in [4.69, 9.17) is 16.6 Å². The molecule has 4 aromatic rings. The Hall–Kier alpha value is -4.11. The summed E-state index contributed by atoms with van der Waals surface area (Å²) < 4.78 is 16.6. The number of carbonyl (C=O) groups is 1. The first-order valence-corrected chi connectivity index (χ1v) is 13.9. The van der Waals surface area contributed by atoms with Gasteiger partial charge in [0.25, 0.3) is 0 Å². The van der Waals surface area contributed by atoms with Gasteiger partial charge in [-0.25, -0.2) is 18.7 Å². The highest BCUT2D eigenvalue weighted by Crippen LogP contribution is 2.37. The molecule has 0 radical (unpaired) electrons. The van der Waals surface area contributed by atoms with E-state index in [-0.39, 0.29) is 34.1 Å². The monoisotopic (exact) mass is 574 g/mol. The lowest BCUT2D eigenvalue weighted by molar-refractivity contribution is -0.126. The summed E-state index contributed by atoms with van der Waals surface area (Å²) in [4.78, 5) is 44.0. The smallest absolute Gasteiger partial charge is 0.350 e. The molecule has 1 aliphatic rings. The number of aryl methyl sites for hydroxylation is 2. The molecule has 4 heterocycles. The molecule has 1 aromatic carbocycles. The van der Waals surface area contributed by atoms with E-state index in [0.29, 0.717) is 53.4 Å². The number of pyridine rings is 2. The van der Waals surface area contributed by atoms with Crippen LogP contribution in [0, 0.1) is 19.7 Å². The van der Waals surface area contributed by atoms with Crippen LogP contribution in [0.5, 0.6) is 0 Å². The van der Waals surface area contributed by atoms with Crippen LogP contribution in [0.4, 0.5) is 10.2 Å². The van der Waals surface area contributed by atoms with Gasteiger partial charge in [0, 0.05) is 37.4 Å². The van der Waals surface area contributed by atoms with Crippen LogP contribution in [-0.4, -0.2) is 56.0 Å². The van der Waals surface area contributed by atoms with Gasteiger partial charge in [0.1, 0.15) is 11.6 Å². The summed E-state index contributed by atoms with van der Waals surface area (Å²) >= 11 is 6.82. The number of benzene rings is 1. The van der Waals surface area contributed by atoms with E-state index in [2.05, 4.69) is 16.5 Å². The summed E-state index contributed by atoms with van der Waals surface area (Å²) in [6.45, 7) is 14.6. The van der Waals surface area contributed by atoms with Crippen molar-refractivity contribution in [3.05, 3.63) is 87.3 Å². The van der Waals surface area contributed by atoms with Crippen LogP contribution in [0.3, 0.4) is 0 Å². The maximum atomic E-state index is 15.2. The molecule has 8 nitrogen and oxygen atoms in total. The zero-order valence-electron chi connectivity index (χ0n) is 23.8. The number of nitrogens with zero attached hydrogens (tertiary/aromatic N) is 6. The number of rotatable bonds is 5. The molecule has 1 amide bonds. The molecule has 212 valence electrons. The van der Waals surface area contributed by atoms with Gasteiger partial charge >= 0.3 is 5.69 Å². The summed E-state index contributed by atoms with van der Waals surface area (Å²) in [6, 6.07) is 8.18. The van der Waals surface area contributed by atoms with E-state index in [1.54, 1.807) is 36.2 Å². The number of aromatic nitrogens is 4. The van der Waals surface area contributed by atoms with E-state index in [9.17, 15) is 9.59 Å². The lowest BCUT2D eigenvalue weighted by atomic mass is 10.0. The van der Waals surface area contributed by atoms with Gasteiger partial charge in [-0.2, -0.15) is 4.98 Å². The average Bonchev–Trinajstić information content (AvgIpc) is 2.93. The molecule has 10 heteroatoms. The Morgan fingerprint density at radius 2 is 1.93 bits per heavy atom. The van der Waals surface area contributed by atoms with Crippen LogP contribution in [0.2, 0.25) is 5.02 Å². The van der Waals surface area contributed by atoms with Crippen molar-refractivity contribution >= 4 is 34.4 Å². The lowest BCUT2D eigenvalue weighted by Gasteiger charge is -2.40. The number of hydrogen-bond acceptors (Lipinski definition) is 6. The number of amides is 1. The van der Waals surface area contributed by atoms with Crippen molar-refractivity contribution in [1.29, 1.82) is 0 Å². The maximum absolute atomic E-state index is 15.2. The van der Waals surface area contributed by atoms with E-state index in [0.717, 1.165) is 5.56 Å². The Morgan fingerprint density at radius 3 is 2.59 bits per heavy atom. The first-order chi connectivity index (χ1) is 19.5. The molecule has 3 aromatic heterocycles. The number of anilines is 1. The molecule has 1 fully saturated rings. The van der Waals surface area contributed by atoms with Gasteiger partial charge in [0.2, 0.25) is 5.91 Å². The number of halogens is 2. The summed E-state index contributed by atoms with van der Waals surface area (Å²) in [5.74, 6) is -0.187. The number of fused-ring (bicyclic) bond motifs is 1. The Bertz CT molecular complexity index is 1730. The largest absolute Gasteiger partial charge is 0.355 e. The van der Waals surface area contributed by atoms with Gasteiger partial charge in [0.05, 0.1) is 27.5 Å². The van der Waals surface area contributed by atoms with Crippen molar-refractivity contribution in [3.8, 4) is 16.9 Å². The van der Waals surface area contributed by atoms with E-state index in [1.165, 1.54) is 16.7 Å². The minimum atomic E-state index is -0.534. The third-order valence-electron chi connectivity index (χ3n) is 7.57. The molecular weight excluding hydrogens is 543 g/mol. The van der Waals surface area contributed by atoms with Gasteiger partial charge in [0.15, 0.2) is 5.65 Å².